The lowest BCUT2D eigenvalue weighted by Crippen LogP contribution is -2.61. The molecule has 0 radical (unpaired) electrons. The monoisotopic (exact) mass is 983 g/mol. The number of nitrogens with zero attached hydrogens (tertiary/aromatic N) is 4. The lowest BCUT2D eigenvalue weighted by Gasteiger charge is -2.45. The molecule has 4 heterocycles. The van der Waals surface area contributed by atoms with E-state index < -0.39 is 0 Å². The van der Waals surface area contributed by atoms with Crippen molar-refractivity contribution >= 4 is 90.1 Å². The molecule has 2 aromatic heterocycles. The predicted octanol–water partition coefficient (Wildman–Crippen LogP) is 17.2. The van der Waals surface area contributed by atoms with Crippen LogP contribution in [0, 0.1) is 0 Å². The zero-order valence-electron chi connectivity index (χ0n) is 46.8. The van der Waals surface area contributed by atoms with Crippen molar-refractivity contribution < 1.29 is 4.42 Å². The Balaban J connectivity index is 1.23. The van der Waals surface area contributed by atoms with Crippen LogP contribution in [0.5, 0.6) is 0 Å². The van der Waals surface area contributed by atoms with E-state index >= 15 is 0 Å². The van der Waals surface area contributed by atoms with Gasteiger partial charge in [0.1, 0.15) is 5.52 Å². The van der Waals surface area contributed by atoms with Gasteiger partial charge in [0.2, 0.25) is 5.89 Å². The van der Waals surface area contributed by atoms with Crippen molar-refractivity contribution in [1.29, 1.82) is 0 Å². The number of anilines is 6. The Kier molecular flexibility index (Phi) is 10.8. The molecule has 10 aromatic rings. The second-order valence-electron chi connectivity index (χ2n) is 26.7. The van der Waals surface area contributed by atoms with Gasteiger partial charge in [-0.1, -0.05) is 183 Å². The average Bonchev–Trinajstić information content (AvgIpc) is 3.96. The fourth-order valence-electron chi connectivity index (χ4n) is 11.7. The van der Waals surface area contributed by atoms with Crippen LogP contribution >= 0.6 is 0 Å². The number of hydrogen-bond acceptors (Lipinski definition) is 4. The first-order chi connectivity index (χ1) is 35.3. The van der Waals surface area contributed by atoms with Crippen LogP contribution in [0.1, 0.15) is 132 Å². The molecule has 0 amide bonds. The second kappa shape index (κ2) is 16.6. The molecule has 0 bridgehead atoms. The third kappa shape index (κ3) is 8.10. The van der Waals surface area contributed by atoms with E-state index in [1.165, 1.54) is 71.7 Å². The standard InChI is InChI=1S/C69H71BN4O/c1-65(2,3)43-26-24-42(25-27-43)64-71-55-41-59-54(40-62(55)75-64)70-53-37-45(67(7,8)9)30-33-58(53)72(48-31-28-44(29-32-48)66(4,5)6)60-38-50(73-56-22-18-16-20-51(56)52-21-17-19-23-57(52)73)39-61(63(60)70)74(59)49-35-46(68(10,11)12)34-47(36-49)69(13,14)15/h16-41H,1-15H3. The Morgan fingerprint density at radius 1 is 0.387 bits per heavy atom. The van der Waals surface area contributed by atoms with Crippen LogP contribution in [0.2, 0.25) is 0 Å². The van der Waals surface area contributed by atoms with Crippen LogP contribution in [0.15, 0.2) is 162 Å². The Bertz CT molecular complexity index is 3830. The summed E-state index contributed by atoms with van der Waals surface area (Å²) in [5.41, 5.74) is 22.8. The summed E-state index contributed by atoms with van der Waals surface area (Å²) in [6, 6.07) is 60.1. The van der Waals surface area contributed by atoms with E-state index in [0.717, 1.165) is 50.8 Å². The topological polar surface area (TPSA) is 37.4 Å². The first-order valence-electron chi connectivity index (χ1n) is 27.1. The van der Waals surface area contributed by atoms with Crippen LogP contribution in [-0.2, 0) is 27.1 Å². The van der Waals surface area contributed by atoms with Crippen molar-refractivity contribution in [3.8, 4) is 17.1 Å². The van der Waals surface area contributed by atoms with E-state index in [1.54, 1.807) is 0 Å². The van der Waals surface area contributed by atoms with Gasteiger partial charge in [-0.3, -0.25) is 0 Å². The normalized spacial score (nSPS) is 14.0. The third-order valence-corrected chi connectivity index (χ3v) is 16.2. The number of hydrogen-bond donors (Lipinski definition) is 0. The van der Waals surface area contributed by atoms with E-state index in [4.69, 9.17) is 9.40 Å². The van der Waals surface area contributed by atoms with Crippen molar-refractivity contribution in [2.75, 3.05) is 9.80 Å². The Morgan fingerprint density at radius 2 is 0.867 bits per heavy atom. The molecule has 0 aliphatic carbocycles. The molecule has 75 heavy (non-hydrogen) atoms. The van der Waals surface area contributed by atoms with Gasteiger partial charge in [-0.05, 0) is 150 Å². The minimum Gasteiger partial charge on any atom is -0.436 e. The Labute approximate surface area is 445 Å². The highest BCUT2D eigenvalue weighted by Gasteiger charge is 2.45. The summed E-state index contributed by atoms with van der Waals surface area (Å²) in [5, 5.41) is 2.47. The van der Waals surface area contributed by atoms with Crippen LogP contribution in [0.4, 0.5) is 34.1 Å². The van der Waals surface area contributed by atoms with Crippen LogP contribution < -0.4 is 26.2 Å². The molecular formula is C69H71BN4O. The number of oxazole rings is 1. The first kappa shape index (κ1) is 48.6. The number of fused-ring (bicyclic) bond motifs is 8. The minimum atomic E-state index is -0.146. The summed E-state index contributed by atoms with van der Waals surface area (Å²) < 4.78 is 9.44. The summed E-state index contributed by atoms with van der Waals surface area (Å²) in [4.78, 5) is 10.5. The molecule has 0 atom stereocenters. The quantitative estimate of drug-likeness (QED) is 0.165. The maximum atomic E-state index is 6.94. The SMILES string of the molecule is CC(C)(C)c1ccc(-c2nc3cc4c(cc3o2)B2c3cc(C(C)(C)C)ccc3N(c3ccc(C(C)(C)C)cc3)c3cc(-n5c6ccccc6c6ccccc65)cc(c32)N4c2cc(C(C)(C)C)cc(C(C)(C)C)c2)cc1. The summed E-state index contributed by atoms with van der Waals surface area (Å²) in [6.07, 6.45) is 0. The highest BCUT2D eigenvalue weighted by molar-refractivity contribution is 7.00. The Hall–Kier alpha value is -7.31. The van der Waals surface area contributed by atoms with Gasteiger partial charge in [0.25, 0.3) is 6.71 Å². The maximum absolute atomic E-state index is 6.94. The van der Waals surface area contributed by atoms with Crippen molar-refractivity contribution in [2.45, 2.75) is 131 Å². The van der Waals surface area contributed by atoms with Gasteiger partial charge in [0, 0.05) is 50.5 Å². The molecule has 6 heteroatoms. The molecule has 5 nitrogen and oxygen atoms in total. The number of benzene rings is 8. The number of para-hydroxylation sites is 2. The van der Waals surface area contributed by atoms with Gasteiger partial charge in [-0.15, -0.1) is 0 Å². The lowest BCUT2D eigenvalue weighted by molar-refractivity contribution is 0.568. The molecule has 12 rings (SSSR count). The van der Waals surface area contributed by atoms with Crippen LogP contribution in [0.25, 0.3) is 50.0 Å². The van der Waals surface area contributed by atoms with E-state index in [-0.39, 0.29) is 33.8 Å². The van der Waals surface area contributed by atoms with Gasteiger partial charge in [0.05, 0.1) is 16.7 Å². The molecule has 8 aromatic carbocycles. The van der Waals surface area contributed by atoms with Crippen molar-refractivity contribution in [1.82, 2.24) is 9.55 Å². The number of rotatable bonds is 4. The molecule has 0 N–H and O–H groups in total. The zero-order chi connectivity index (χ0) is 52.9. The van der Waals surface area contributed by atoms with E-state index in [0.29, 0.717) is 5.89 Å². The summed E-state index contributed by atoms with van der Waals surface area (Å²) in [6.45, 7) is 34.5. The van der Waals surface area contributed by atoms with Crippen LogP contribution in [0.3, 0.4) is 0 Å². The second-order valence-corrected chi connectivity index (χ2v) is 26.7. The van der Waals surface area contributed by atoms with Crippen molar-refractivity contribution in [3.63, 3.8) is 0 Å². The lowest BCUT2D eigenvalue weighted by atomic mass is 9.33. The smallest absolute Gasteiger partial charge is 0.252 e. The minimum absolute atomic E-state index is 0.000155. The molecule has 0 spiro atoms. The molecule has 0 fully saturated rings. The summed E-state index contributed by atoms with van der Waals surface area (Å²) in [7, 11) is 0. The largest absolute Gasteiger partial charge is 0.436 e. The molecule has 2 aliphatic rings. The van der Waals surface area contributed by atoms with Crippen molar-refractivity contribution in [2.24, 2.45) is 0 Å². The fraction of sp³-hybridized carbons (Fsp3) is 0.290. The van der Waals surface area contributed by atoms with E-state index in [2.05, 4.69) is 276 Å². The molecule has 0 saturated heterocycles. The Morgan fingerprint density at radius 3 is 1.40 bits per heavy atom. The molecular weight excluding hydrogens is 912 g/mol. The summed E-state index contributed by atoms with van der Waals surface area (Å²) in [5.74, 6) is 0.625. The average molecular weight is 983 g/mol. The molecule has 0 unspecified atom stereocenters. The van der Waals surface area contributed by atoms with Gasteiger partial charge < -0.3 is 18.8 Å². The molecule has 376 valence electrons. The third-order valence-electron chi connectivity index (χ3n) is 16.2. The number of aromatic nitrogens is 2. The highest BCUT2D eigenvalue weighted by atomic mass is 16.3. The van der Waals surface area contributed by atoms with Gasteiger partial charge in [-0.2, -0.15) is 0 Å². The first-order valence-corrected chi connectivity index (χ1v) is 27.1. The van der Waals surface area contributed by atoms with Crippen LogP contribution in [-0.4, -0.2) is 16.3 Å². The van der Waals surface area contributed by atoms with E-state index in [1.807, 2.05) is 0 Å². The zero-order valence-corrected chi connectivity index (χ0v) is 46.8. The van der Waals surface area contributed by atoms with Gasteiger partial charge >= 0.3 is 0 Å². The van der Waals surface area contributed by atoms with Crippen molar-refractivity contribution in [3.05, 3.63) is 186 Å². The van der Waals surface area contributed by atoms with Gasteiger partial charge in [0.15, 0.2) is 5.58 Å². The molecule has 2 aliphatic heterocycles. The summed E-state index contributed by atoms with van der Waals surface area (Å²) >= 11 is 0. The fourth-order valence-corrected chi connectivity index (χ4v) is 11.7. The van der Waals surface area contributed by atoms with Gasteiger partial charge in [-0.25, -0.2) is 4.98 Å². The van der Waals surface area contributed by atoms with E-state index in [9.17, 15) is 0 Å². The maximum Gasteiger partial charge on any atom is 0.252 e. The predicted molar refractivity (Wildman–Crippen MR) is 321 cm³/mol. The molecule has 0 saturated carbocycles. The highest BCUT2D eigenvalue weighted by Crippen LogP contribution is 2.49.